The monoisotopic (exact) mass is 297 g/mol. The van der Waals surface area contributed by atoms with Crippen molar-refractivity contribution in [1.82, 2.24) is 19.5 Å². The number of aryl methyl sites for hydroxylation is 1. The van der Waals surface area contributed by atoms with Gasteiger partial charge in [0.05, 0.1) is 41.1 Å². The van der Waals surface area contributed by atoms with E-state index >= 15 is 0 Å². The van der Waals surface area contributed by atoms with Crippen LogP contribution in [0.25, 0.3) is 11.0 Å². The van der Waals surface area contributed by atoms with Crippen LogP contribution >= 0.6 is 11.6 Å². The summed E-state index contributed by atoms with van der Waals surface area (Å²) >= 11 is 5.99. The minimum Gasteiger partial charge on any atom is -0.321 e. The van der Waals surface area contributed by atoms with Crippen LogP contribution in [0.4, 0.5) is 0 Å². The van der Waals surface area contributed by atoms with Crippen molar-refractivity contribution in [1.29, 1.82) is 5.26 Å². The highest BCUT2D eigenvalue weighted by Gasteiger charge is 2.13. The second-order valence-electron chi connectivity index (χ2n) is 4.68. The summed E-state index contributed by atoms with van der Waals surface area (Å²) < 4.78 is 1.97. The van der Waals surface area contributed by atoms with Gasteiger partial charge in [0.15, 0.2) is 0 Å². The van der Waals surface area contributed by atoms with E-state index < -0.39 is 0 Å². The number of rotatable bonds is 3. The van der Waals surface area contributed by atoms with Gasteiger partial charge in [-0.2, -0.15) is 5.26 Å². The number of aromatic nitrogens is 4. The van der Waals surface area contributed by atoms with Crippen LogP contribution in [0.5, 0.6) is 0 Å². The third kappa shape index (κ3) is 2.46. The Morgan fingerprint density at radius 2 is 2.14 bits per heavy atom. The van der Waals surface area contributed by atoms with Crippen LogP contribution in [0.1, 0.15) is 22.8 Å². The van der Waals surface area contributed by atoms with Crippen LogP contribution in [0, 0.1) is 18.3 Å². The first kappa shape index (κ1) is 13.5. The molecule has 5 nitrogen and oxygen atoms in total. The SMILES string of the molecule is Cc1cnc(Cn2c(CCl)nc3c(C#N)cccc32)cn1. The van der Waals surface area contributed by atoms with E-state index in [0.717, 1.165) is 22.7 Å². The molecule has 2 heterocycles. The lowest BCUT2D eigenvalue weighted by Crippen LogP contribution is -2.06. The Bertz CT molecular complexity index is 830. The molecule has 3 aromatic rings. The summed E-state index contributed by atoms with van der Waals surface area (Å²) in [5.41, 5.74) is 3.81. The van der Waals surface area contributed by atoms with E-state index in [1.165, 1.54) is 0 Å². The maximum atomic E-state index is 9.17. The van der Waals surface area contributed by atoms with Gasteiger partial charge in [0.2, 0.25) is 0 Å². The van der Waals surface area contributed by atoms with Gasteiger partial charge in [-0.3, -0.25) is 9.97 Å². The van der Waals surface area contributed by atoms with Gasteiger partial charge in [0, 0.05) is 6.20 Å². The van der Waals surface area contributed by atoms with Gasteiger partial charge in [-0.1, -0.05) is 6.07 Å². The molecule has 1 aromatic carbocycles. The largest absolute Gasteiger partial charge is 0.321 e. The number of hydrogen-bond acceptors (Lipinski definition) is 4. The Balaban J connectivity index is 2.13. The molecule has 6 heteroatoms. The minimum absolute atomic E-state index is 0.277. The van der Waals surface area contributed by atoms with Crippen molar-refractivity contribution in [3.63, 3.8) is 0 Å². The minimum atomic E-state index is 0.277. The van der Waals surface area contributed by atoms with Crippen LogP contribution in [-0.2, 0) is 12.4 Å². The number of para-hydroxylation sites is 1. The van der Waals surface area contributed by atoms with E-state index in [9.17, 15) is 5.26 Å². The van der Waals surface area contributed by atoms with Crippen molar-refractivity contribution in [2.24, 2.45) is 0 Å². The predicted octanol–water partition coefficient (Wildman–Crippen LogP) is 2.79. The van der Waals surface area contributed by atoms with Gasteiger partial charge in [0.1, 0.15) is 17.4 Å². The van der Waals surface area contributed by atoms with Gasteiger partial charge in [-0.25, -0.2) is 4.98 Å². The Kier molecular flexibility index (Phi) is 3.55. The fraction of sp³-hybridized carbons (Fsp3) is 0.200. The summed E-state index contributed by atoms with van der Waals surface area (Å²) in [5, 5.41) is 9.17. The van der Waals surface area contributed by atoms with E-state index in [0.29, 0.717) is 17.6 Å². The average Bonchev–Trinajstić information content (AvgIpc) is 2.87. The number of imidazole rings is 1. The third-order valence-corrected chi connectivity index (χ3v) is 3.49. The molecule has 0 bridgehead atoms. The molecule has 0 saturated carbocycles. The quantitative estimate of drug-likeness (QED) is 0.697. The lowest BCUT2D eigenvalue weighted by Gasteiger charge is -2.07. The van der Waals surface area contributed by atoms with E-state index in [4.69, 9.17) is 11.6 Å². The van der Waals surface area contributed by atoms with Crippen molar-refractivity contribution in [2.75, 3.05) is 0 Å². The molecule has 3 rings (SSSR count). The van der Waals surface area contributed by atoms with Gasteiger partial charge in [-0.15, -0.1) is 11.6 Å². The molecule has 0 spiro atoms. The standard InChI is InChI=1S/C15H12ClN5/c1-10-7-19-12(8-18-10)9-21-13-4-2-3-11(6-17)15(13)20-14(21)5-16/h2-4,7-8H,5,9H2,1H3. The Morgan fingerprint density at radius 3 is 2.81 bits per heavy atom. The van der Waals surface area contributed by atoms with Crippen LogP contribution in [0.15, 0.2) is 30.6 Å². The number of alkyl halides is 1. The van der Waals surface area contributed by atoms with Crippen molar-refractivity contribution in [2.45, 2.75) is 19.3 Å². The summed E-state index contributed by atoms with van der Waals surface area (Å²) in [6.07, 6.45) is 3.48. The molecule has 0 radical (unpaired) electrons. The van der Waals surface area contributed by atoms with E-state index in [2.05, 4.69) is 21.0 Å². The first-order valence-corrected chi connectivity index (χ1v) is 6.98. The smallest absolute Gasteiger partial charge is 0.125 e. The lowest BCUT2D eigenvalue weighted by molar-refractivity contribution is 0.751. The number of hydrogen-bond donors (Lipinski definition) is 0. The van der Waals surface area contributed by atoms with Crippen LogP contribution in [0.2, 0.25) is 0 Å². The molecule has 104 valence electrons. The Labute approximate surface area is 126 Å². The molecule has 0 aliphatic carbocycles. The fourth-order valence-electron chi connectivity index (χ4n) is 2.23. The number of nitrogens with zero attached hydrogens (tertiary/aromatic N) is 5. The zero-order valence-corrected chi connectivity index (χ0v) is 12.2. The highest BCUT2D eigenvalue weighted by Crippen LogP contribution is 2.21. The second kappa shape index (κ2) is 5.51. The van der Waals surface area contributed by atoms with Crippen molar-refractivity contribution >= 4 is 22.6 Å². The van der Waals surface area contributed by atoms with Crippen LogP contribution in [-0.4, -0.2) is 19.5 Å². The molecule has 21 heavy (non-hydrogen) atoms. The lowest BCUT2D eigenvalue weighted by atomic mass is 10.2. The first-order chi connectivity index (χ1) is 10.2. The summed E-state index contributed by atoms with van der Waals surface area (Å²) in [5.74, 6) is 0.996. The number of benzene rings is 1. The number of fused-ring (bicyclic) bond motifs is 1. The molecular weight excluding hydrogens is 286 g/mol. The molecule has 0 aliphatic rings. The molecule has 0 amide bonds. The zero-order chi connectivity index (χ0) is 14.8. The van der Waals surface area contributed by atoms with Crippen LogP contribution in [0.3, 0.4) is 0 Å². The van der Waals surface area contributed by atoms with Crippen molar-refractivity contribution in [3.8, 4) is 6.07 Å². The average molecular weight is 298 g/mol. The topological polar surface area (TPSA) is 67.4 Å². The molecule has 0 unspecified atom stereocenters. The summed E-state index contributed by atoms with van der Waals surface area (Å²) in [4.78, 5) is 13.1. The van der Waals surface area contributed by atoms with Gasteiger partial charge in [0.25, 0.3) is 0 Å². The van der Waals surface area contributed by atoms with E-state index in [-0.39, 0.29) is 5.88 Å². The Morgan fingerprint density at radius 1 is 1.29 bits per heavy atom. The Hall–Kier alpha value is -2.45. The molecule has 0 saturated heterocycles. The van der Waals surface area contributed by atoms with Crippen molar-refractivity contribution in [3.05, 3.63) is 53.4 Å². The maximum absolute atomic E-state index is 9.17. The summed E-state index contributed by atoms with van der Waals surface area (Å²) in [7, 11) is 0. The zero-order valence-electron chi connectivity index (χ0n) is 11.4. The molecule has 0 N–H and O–H groups in total. The third-order valence-electron chi connectivity index (χ3n) is 3.25. The highest BCUT2D eigenvalue weighted by molar-refractivity contribution is 6.16. The normalized spacial score (nSPS) is 10.7. The number of halogens is 1. The van der Waals surface area contributed by atoms with Gasteiger partial charge >= 0.3 is 0 Å². The van der Waals surface area contributed by atoms with E-state index in [1.807, 2.05) is 23.6 Å². The molecular formula is C15H12ClN5. The van der Waals surface area contributed by atoms with Gasteiger partial charge < -0.3 is 4.57 Å². The molecule has 2 aromatic heterocycles. The molecule has 0 aliphatic heterocycles. The first-order valence-electron chi connectivity index (χ1n) is 6.44. The summed E-state index contributed by atoms with van der Waals surface area (Å²) in [6.45, 7) is 2.42. The summed E-state index contributed by atoms with van der Waals surface area (Å²) in [6, 6.07) is 7.69. The number of nitriles is 1. The fourth-order valence-corrected chi connectivity index (χ4v) is 2.43. The second-order valence-corrected chi connectivity index (χ2v) is 4.95. The van der Waals surface area contributed by atoms with Crippen molar-refractivity contribution < 1.29 is 0 Å². The maximum Gasteiger partial charge on any atom is 0.125 e. The van der Waals surface area contributed by atoms with E-state index in [1.54, 1.807) is 18.5 Å². The molecule has 0 atom stereocenters. The van der Waals surface area contributed by atoms with Gasteiger partial charge in [-0.05, 0) is 19.1 Å². The van der Waals surface area contributed by atoms with Crippen LogP contribution < -0.4 is 0 Å². The predicted molar refractivity (Wildman–Crippen MR) is 79.9 cm³/mol. The molecule has 0 fully saturated rings. The highest BCUT2D eigenvalue weighted by atomic mass is 35.5.